The van der Waals surface area contributed by atoms with E-state index in [-0.39, 0.29) is 0 Å². The van der Waals surface area contributed by atoms with Gasteiger partial charge in [0.1, 0.15) is 0 Å². The van der Waals surface area contributed by atoms with Crippen LogP contribution in [0.4, 0.5) is 8.78 Å². The molecule has 48 valence electrons. The zero-order valence-electron chi connectivity index (χ0n) is 4.77. The summed E-state index contributed by atoms with van der Waals surface area (Å²) in [5.74, 6) is 4.49. The number of alkyl halides is 1. The van der Waals surface area contributed by atoms with E-state index < -0.39 is 6.67 Å². The van der Waals surface area contributed by atoms with Gasteiger partial charge in [-0.3, -0.25) is 0 Å². The Kier molecular flexibility index (Phi) is 6.06. The van der Waals surface area contributed by atoms with Crippen molar-refractivity contribution in [3.63, 3.8) is 0 Å². The molecule has 0 unspecified atom stereocenters. The molecule has 9 heavy (non-hydrogen) atoms. The molecule has 0 heterocycles. The summed E-state index contributed by atoms with van der Waals surface area (Å²) in [6, 6.07) is 0. The van der Waals surface area contributed by atoms with Crippen LogP contribution in [0.3, 0.4) is 0 Å². The zero-order valence-corrected chi connectivity index (χ0v) is 4.77. The van der Waals surface area contributed by atoms with Gasteiger partial charge in [0.2, 0.25) is 0 Å². The zero-order chi connectivity index (χ0) is 6.95. The second-order valence-corrected chi connectivity index (χ2v) is 1.13. The molecule has 0 radical (unpaired) electrons. The van der Waals surface area contributed by atoms with E-state index in [4.69, 9.17) is 0 Å². The van der Waals surface area contributed by atoms with Crippen molar-refractivity contribution < 1.29 is 8.78 Å². The van der Waals surface area contributed by atoms with Gasteiger partial charge in [0.15, 0.2) is 6.67 Å². The second-order valence-electron chi connectivity index (χ2n) is 1.13. The third-order valence-corrected chi connectivity index (χ3v) is 0.532. The lowest BCUT2D eigenvalue weighted by molar-refractivity contribution is 0.573. The predicted molar refractivity (Wildman–Crippen MR) is 33.1 cm³/mol. The van der Waals surface area contributed by atoms with Crippen molar-refractivity contribution in [2.24, 2.45) is 0 Å². The molecule has 0 saturated heterocycles. The summed E-state index contributed by atoms with van der Waals surface area (Å²) in [5, 5.41) is 0. The topological polar surface area (TPSA) is 0 Å². The number of hydrogen-bond acceptors (Lipinski definition) is 0. The molecule has 0 aliphatic rings. The summed E-state index contributed by atoms with van der Waals surface area (Å²) < 4.78 is 22.4. The molecule has 0 rings (SSSR count). The van der Waals surface area contributed by atoms with E-state index in [9.17, 15) is 8.78 Å². The minimum Gasteiger partial charge on any atom is -0.237 e. The van der Waals surface area contributed by atoms with Crippen LogP contribution in [0.2, 0.25) is 0 Å². The van der Waals surface area contributed by atoms with Gasteiger partial charge < -0.3 is 0 Å². The molecule has 0 bridgehead atoms. The van der Waals surface area contributed by atoms with E-state index in [1.54, 1.807) is 0 Å². The molecular formula is C7H6F2. The molecule has 0 aromatic carbocycles. The van der Waals surface area contributed by atoms with Crippen molar-refractivity contribution in [3.8, 4) is 11.8 Å². The van der Waals surface area contributed by atoms with Crippen LogP contribution in [0.15, 0.2) is 24.6 Å². The first-order chi connectivity index (χ1) is 4.41. The van der Waals surface area contributed by atoms with Gasteiger partial charge in [-0.15, -0.1) is 0 Å². The highest BCUT2D eigenvalue weighted by Gasteiger charge is 1.60. The van der Waals surface area contributed by atoms with Crippen molar-refractivity contribution in [1.29, 1.82) is 0 Å². The van der Waals surface area contributed by atoms with Crippen LogP contribution in [0.25, 0.3) is 0 Å². The molecule has 0 atom stereocenters. The average molecular weight is 128 g/mol. The van der Waals surface area contributed by atoms with E-state index in [0.29, 0.717) is 6.33 Å². The Morgan fingerprint density at radius 1 is 1.33 bits per heavy atom. The molecule has 0 aliphatic carbocycles. The predicted octanol–water partition coefficient (Wildman–Crippen LogP) is 2.00. The molecule has 0 aliphatic heterocycles. The van der Waals surface area contributed by atoms with E-state index in [1.807, 2.05) is 0 Å². The van der Waals surface area contributed by atoms with Crippen molar-refractivity contribution in [1.82, 2.24) is 0 Å². The van der Waals surface area contributed by atoms with Crippen molar-refractivity contribution in [2.75, 3.05) is 6.67 Å². The van der Waals surface area contributed by atoms with Crippen LogP contribution in [0, 0.1) is 11.8 Å². The average Bonchev–Trinajstić information content (AvgIpc) is 1.89. The summed E-state index contributed by atoms with van der Waals surface area (Å²) in [6.45, 7) is -0.663. The van der Waals surface area contributed by atoms with E-state index in [0.717, 1.165) is 0 Å². The first-order valence-electron chi connectivity index (χ1n) is 2.38. The van der Waals surface area contributed by atoms with E-state index in [1.165, 1.54) is 18.2 Å². The summed E-state index contributed by atoms with van der Waals surface area (Å²) >= 11 is 0. The highest BCUT2D eigenvalue weighted by Crippen LogP contribution is 1.75. The van der Waals surface area contributed by atoms with Gasteiger partial charge >= 0.3 is 0 Å². The Morgan fingerprint density at radius 2 is 2.11 bits per heavy atom. The molecule has 0 aromatic rings. The Labute approximate surface area is 52.9 Å². The molecule has 0 spiro atoms. The Hall–Kier alpha value is -1.10. The molecular weight excluding hydrogens is 122 g/mol. The quantitative estimate of drug-likeness (QED) is 0.374. The second kappa shape index (κ2) is 6.90. The highest BCUT2D eigenvalue weighted by molar-refractivity contribution is 5.18. The normalized spacial score (nSPS) is 10.0. The van der Waals surface area contributed by atoms with Crippen LogP contribution in [-0.4, -0.2) is 6.67 Å². The molecule has 0 fully saturated rings. The largest absolute Gasteiger partial charge is 0.237 e. The SMILES string of the molecule is F/C=C/C=C\C#CCF. The fourth-order valence-electron chi connectivity index (χ4n) is 0.243. The summed E-state index contributed by atoms with van der Waals surface area (Å²) in [5.41, 5.74) is 0. The van der Waals surface area contributed by atoms with E-state index in [2.05, 4.69) is 11.8 Å². The van der Waals surface area contributed by atoms with E-state index >= 15 is 0 Å². The van der Waals surface area contributed by atoms with Gasteiger partial charge in [-0.25, -0.2) is 8.78 Å². The molecule has 0 amide bonds. The number of hydrogen-bond donors (Lipinski definition) is 0. The third kappa shape index (κ3) is 6.90. The van der Waals surface area contributed by atoms with Gasteiger partial charge in [-0.2, -0.15) is 0 Å². The first kappa shape index (κ1) is 7.90. The first-order valence-corrected chi connectivity index (χ1v) is 2.38. The Balaban J connectivity index is 3.46. The lowest BCUT2D eigenvalue weighted by Crippen LogP contribution is -1.58. The maximum absolute atomic E-state index is 11.2. The van der Waals surface area contributed by atoms with Gasteiger partial charge in [-0.1, -0.05) is 17.9 Å². The fourth-order valence-corrected chi connectivity index (χ4v) is 0.243. The molecule has 0 saturated carbocycles. The third-order valence-electron chi connectivity index (χ3n) is 0.532. The standard InChI is InChI=1S/C7H6F2/c8-6-4-2-1-3-5-7-9/h1-2,4,6H,7H2/b2-1-,6-4+. The van der Waals surface area contributed by atoms with Crippen molar-refractivity contribution in [3.05, 3.63) is 24.6 Å². The van der Waals surface area contributed by atoms with Gasteiger partial charge in [0.25, 0.3) is 0 Å². The van der Waals surface area contributed by atoms with Crippen LogP contribution in [0.1, 0.15) is 0 Å². The summed E-state index contributed by atoms with van der Waals surface area (Å²) in [4.78, 5) is 0. The lowest BCUT2D eigenvalue weighted by Gasteiger charge is -1.65. The van der Waals surface area contributed by atoms with Crippen LogP contribution >= 0.6 is 0 Å². The Bertz CT molecular complexity index is 157. The Morgan fingerprint density at radius 3 is 2.67 bits per heavy atom. The number of halogens is 2. The molecule has 2 heteroatoms. The maximum atomic E-state index is 11.2. The van der Waals surface area contributed by atoms with Crippen molar-refractivity contribution >= 4 is 0 Å². The van der Waals surface area contributed by atoms with Crippen LogP contribution < -0.4 is 0 Å². The maximum Gasteiger partial charge on any atom is 0.150 e. The van der Waals surface area contributed by atoms with Crippen LogP contribution in [0.5, 0.6) is 0 Å². The summed E-state index contributed by atoms with van der Waals surface area (Å²) in [6.07, 6.45) is 4.32. The number of allylic oxidation sites excluding steroid dienone is 3. The molecule has 0 nitrogen and oxygen atoms in total. The minimum absolute atomic E-state index is 0.383. The van der Waals surface area contributed by atoms with Gasteiger partial charge in [0.05, 0.1) is 6.33 Å². The summed E-state index contributed by atoms with van der Waals surface area (Å²) in [7, 11) is 0. The fraction of sp³-hybridized carbons (Fsp3) is 0.143. The minimum atomic E-state index is -0.663. The number of rotatable bonds is 1. The molecule has 0 N–H and O–H groups in total. The monoisotopic (exact) mass is 128 g/mol. The van der Waals surface area contributed by atoms with Crippen molar-refractivity contribution in [2.45, 2.75) is 0 Å². The smallest absolute Gasteiger partial charge is 0.150 e. The lowest BCUT2D eigenvalue weighted by atomic mass is 10.5. The van der Waals surface area contributed by atoms with Gasteiger partial charge in [-0.05, 0) is 12.2 Å². The van der Waals surface area contributed by atoms with Crippen LogP contribution in [-0.2, 0) is 0 Å². The highest BCUT2D eigenvalue weighted by atomic mass is 19.1. The van der Waals surface area contributed by atoms with Gasteiger partial charge in [0, 0.05) is 0 Å². The molecule has 0 aromatic heterocycles.